The van der Waals surface area contributed by atoms with E-state index >= 15 is 4.39 Å². The van der Waals surface area contributed by atoms with Gasteiger partial charge in [-0.15, -0.1) is 0 Å². The fourth-order valence-electron chi connectivity index (χ4n) is 7.34. The molecule has 10 aromatic rings. The summed E-state index contributed by atoms with van der Waals surface area (Å²) < 4.78 is 20.6. The van der Waals surface area contributed by atoms with Crippen LogP contribution >= 0.6 is 0 Å². The molecule has 7 aromatic carbocycles. The lowest BCUT2D eigenvalue weighted by Crippen LogP contribution is -2.02. The van der Waals surface area contributed by atoms with Gasteiger partial charge < -0.3 is 9.13 Å². The third-order valence-electron chi connectivity index (χ3n) is 9.64. The molecule has 0 saturated heterocycles. The van der Waals surface area contributed by atoms with Crippen molar-refractivity contribution >= 4 is 43.6 Å². The molecule has 10 rings (SSSR count). The Balaban J connectivity index is 1.13. The number of fused-ring (bicyclic) bond motifs is 6. The minimum absolute atomic E-state index is 0.365. The van der Waals surface area contributed by atoms with E-state index in [2.05, 4.69) is 77.4 Å². The molecule has 0 atom stereocenters. The van der Waals surface area contributed by atoms with Crippen LogP contribution in [0.3, 0.4) is 0 Å². The molecule has 3 heterocycles. The summed E-state index contributed by atoms with van der Waals surface area (Å²) in [6.07, 6.45) is 0. The Morgan fingerprint density at radius 2 is 0.784 bits per heavy atom. The highest BCUT2D eigenvalue weighted by molar-refractivity contribution is 6.10. The molecule has 0 fully saturated rings. The third-order valence-corrected chi connectivity index (χ3v) is 9.64. The second-order valence-corrected chi connectivity index (χ2v) is 12.6. The van der Waals surface area contributed by atoms with Gasteiger partial charge in [0, 0.05) is 43.9 Å². The normalized spacial score (nSPS) is 11.6. The average Bonchev–Trinajstić information content (AvgIpc) is 3.71. The van der Waals surface area contributed by atoms with Crippen LogP contribution in [-0.2, 0) is 0 Å². The molecular formula is C45H28FN5. The summed E-state index contributed by atoms with van der Waals surface area (Å²) in [4.78, 5) is 14.8. The van der Waals surface area contributed by atoms with Gasteiger partial charge in [-0.05, 0) is 54.6 Å². The predicted molar refractivity (Wildman–Crippen MR) is 205 cm³/mol. The minimum Gasteiger partial charge on any atom is -0.309 e. The van der Waals surface area contributed by atoms with Crippen LogP contribution < -0.4 is 0 Å². The van der Waals surface area contributed by atoms with Gasteiger partial charge in [0.05, 0.1) is 27.8 Å². The van der Waals surface area contributed by atoms with Crippen molar-refractivity contribution in [1.29, 1.82) is 0 Å². The lowest BCUT2D eigenvalue weighted by molar-refractivity contribution is 0.621. The van der Waals surface area contributed by atoms with E-state index in [4.69, 9.17) is 15.0 Å². The molecule has 0 aliphatic heterocycles. The number of benzene rings is 7. The predicted octanol–water partition coefficient (Wildman–Crippen LogP) is 11.2. The molecule has 0 saturated carbocycles. The van der Waals surface area contributed by atoms with Gasteiger partial charge in [-0.2, -0.15) is 0 Å². The van der Waals surface area contributed by atoms with E-state index in [9.17, 15) is 0 Å². The highest BCUT2D eigenvalue weighted by Crippen LogP contribution is 2.35. The van der Waals surface area contributed by atoms with Crippen LogP contribution in [0.25, 0.3) is 89.2 Å². The van der Waals surface area contributed by atoms with Crippen molar-refractivity contribution < 1.29 is 4.39 Å². The fourth-order valence-corrected chi connectivity index (χ4v) is 7.34. The number of halogens is 1. The van der Waals surface area contributed by atoms with Crippen molar-refractivity contribution in [3.05, 3.63) is 176 Å². The van der Waals surface area contributed by atoms with Crippen LogP contribution in [0.4, 0.5) is 4.39 Å². The molecule has 0 aliphatic rings. The lowest BCUT2D eigenvalue weighted by Gasteiger charge is -2.13. The van der Waals surface area contributed by atoms with Crippen molar-refractivity contribution in [2.24, 2.45) is 0 Å². The van der Waals surface area contributed by atoms with Gasteiger partial charge in [-0.25, -0.2) is 19.3 Å². The van der Waals surface area contributed by atoms with Crippen molar-refractivity contribution in [3.63, 3.8) is 0 Å². The topological polar surface area (TPSA) is 48.5 Å². The van der Waals surface area contributed by atoms with Crippen molar-refractivity contribution in [2.45, 2.75) is 0 Å². The number of para-hydroxylation sites is 4. The Bertz CT molecular complexity index is 2830. The molecule has 3 aromatic heterocycles. The van der Waals surface area contributed by atoms with Gasteiger partial charge in [0.15, 0.2) is 17.5 Å². The van der Waals surface area contributed by atoms with Gasteiger partial charge in [-0.1, -0.05) is 115 Å². The Labute approximate surface area is 292 Å². The van der Waals surface area contributed by atoms with Crippen LogP contribution in [0.5, 0.6) is 0 Å². The lowest BCUT2D eigenvalue weighted by atomic mass is 10.1. The number of nitrogens with zero attached hydrogens (tertiary/aromatic N) is 5. The maximum Gasteiger partial charge on any atom is 0.164 e. The Morgan fingerprint density at radius 3 is 1.31 bits per heavy atom. The van der Waals surface area contributed by atoms with E-state index < -0.39 is 0 Å². The first-order chi connectivity index (χ1) is 25.2. The molecule has 6 heteroatoms. The zero-order chi connectivity index (χ0) is 33.9. The fraction of sp³-hybridized carbons (Fsp3) is 0. The Hall–Kier alpha value is -6.92. The first-order valence-corrected chi connectivity index (χ1v) is 16.9. The molecule has 51 heavy (non-hydrogen) atoms. The van der Waals surface area contributed by atoms with E-state index in [1.165, 1.54) is 16.8 Å². The van der Waals surface area contributed by atoms with E-state index in [1.807, 2.05) is 95.6 Å². The second kappa shape index (κ2) is 11.6. The first kappa shape index (κ1) is 29.0. The largest absolute Gasteiger partial charge is 0.309 e. The highest BCUT2D eigenvalue weighted by atomic mass is 19.1. The highest BCUT2D eigenvalue weighted by Gasteiger charge is 2.18. The van der Waals surface area contributed by atoms with Crippen LogP contribution in [-0.4, -0.2) is 24.1 Å². The van der Waals surface area contributed by atoms with Gasteiger partial charge in [0.2, 0.25) is 0 Å². The molecule has 0 bridgehead atoms. The average molecular weight is 658 g/mol. The monoisotopic (exact) mass is 657 g/mol. The van der Waals surface area contributed by atoms with Crippen molar-refractivity contribution in [2.75, 3.05) is 0 Å². The molecule has 0 N–H and O–H groups in total. The summed E-state index contributed by atoms with van der Waals surface area (Å²) in [5.41, 5.74) is 7.84. The minimum atomic E-state index is -0.365. The number of hydrogen-bond acceptors (Lipinski definition) is 3. The Kier molecular flexibility index (Phi) is 6.61. The summed E-state index contributed by atoms with van der Waals surface area (Å²) in [5.74, 6) is 1.06. The van der Waals surface area contributed by atoms with Crippen molar-refractivity contribution in [3.8, 4) is 45.5 Å². The first-order valence-electron chi connectivity index (χ1n) is 16.9. The Morgan fingerprint density at radius 1 is 0.353 bits per heavy atom. The third kappa shape index (κ3) is 4.72. The molecule has 0 spiro atoms. The summed E-state index contributed by atoms with van der Waals surface area (Å²) in [5, 5.41) is 4.54. The molecule has 0 aliphatic carbocycles. The molecule has 240 valence electrons. The van der Waals surface area contributed by atoms with Crippen LogP contribution in [0.2, 0.25) is 0 Å². The summed E-state index contributed by atoms with van der Waals surface area (Å²) in [7, 11) is 0. The van der Waals surface area contributed by atoms with E-state index in [1.54, 1.807) is 0 Å². The van der Waals surface area contributed by atoms with E-state index in [-0.39, 0.29) is 5.82 Å². The van der Waals surface area contributed by atoms with Crippen LogP contribution in [0, 0.1) is 5.82 Å². The smallest absolute Gasteiger partial charge is 0.164 e. The summed E-state index contributed by atoms with van der Waals surface area (Å²) in [6, 6.07) is 56.4. The maximum absolute atomic E-state index is 16.4. The van der Waals surface area contributed by atoms with Crippen LogP contribution in [0.1, 0.15) is 0 Å². The SMILES string of the molecule is Fc1cc(-c2nc(-c3ccccc3)nc(-c3cccc(-n4c5ccccc5c5ccccc54)c3)n2)ccc1-n1c2ccccc2c2ccccc21. The summed E-state index contributed by atoms with van der Waals surface area (Å²) >= 11 is 0. The maximum atomic E-state index is 16.4. The van der Waals surface area contributed by atoms with Crippen LogP contribution in [0.15, 0.2) is 170 Å². The number of rotatable bonds is 5. The quantitative estimate of drug-likeness (QED) is 0.185. The molecule has 5 nitrogen and oxygen atoms in total. The number of hydrogen-bond donors (Lipinski definition) is 0. The van der Waals surface area contributed by atoms with Crippen molar-refractivity contribution in [1.82, 2.24) is 24.1 Å². The van der Waals surface area contributed by atoms with Gasteiger partial charge >= 0.3 is 0 Å². The van der Waals surface area contributed by atoms with Gasteiger partial charge in [0.1, 0.15) is 5.82 Å². The molecular weight excluding hydrogens is 630 g/mol. The molecule has 0 unspecified atom stereocenters. The van der Waals surface area contributed by atoms with E-state index in [0.717, 1.165) is 49.7 Å². The number of aromatic nitrogens is 5. The molecule has 0 amide bonds. The van der Waals surface area contributed by atoms with Gasteiger partial charge in [-0.3, -0.25) is 0 Å². The summed E-state index contributed by atoms with van der Waals surface area (Å²) in [6.45, 7) is 0. The van der Waals surface area contributed by atoms with E-state index in [0.29, 0.717) is 28.7 Å². The zero-order valence-electron chi connectivity index (χ0n) is 27.3. The van der Waals surface area contributed by atoms with Gasteiger partial charge in [0.25, 0.3) is 0 Å². The second-order valence-electron chi connectivity index (χ2n) is 12.6. The molecule has 0 radical (unpaired) electrons. The zero-order valence-corrected chi connectivity index (χ0v) is 27.3. The standard InChI is InChI=1S/C45H28FN5/c46-37-28-31(25-26-42(37)51-40-23-10-6-19-35(40)36-20-7-11-24-41(36)51)45-48-43(29-13-2-1-3-14-29)47-44(49-45)30-15-12-16-32(27-30)50-38-21-8-4-17-33(38)34-18-5-9-22-39(34)50/h1-28H.